The van der Waals surface area contributed by atoms with Gasteiger partial charge in [-0.1, -0.05) is 34.1 Å². The smallest absolute Gasteiger partial charge is 0.0129 e. The van der Waals surface area contributed by atoms with Crippen molar-refractivity contribution in [2.45, 2.75) is 46.6 Å². The Bertz CT molecular complexity index is 197. The van der Waals surface area contributed by atoms with Crippen LogP contribution in [0, 0.1) is 23.2 Å². The highest BCUT2D eigenvalue weighted by Crippen LogP contribution is 2.55. The zero-order chi connectivity index (χ0) is 9.64. The molecule has 2 rings (SSSR count). The molecule has 1 aliphatic carbocycles. The second-order valence-corrected chi connectivity index (χ2v) is 5.80. The van der Waals surface area contributed by atoms with Gasteiger partial charge in [0.1, 0.15) is 0 Å². The largest absolute Gasteiger partial charge is 0.313 e. The van der Waals surface area contributed by atoms with Crippen molar-refractivity contribution in [2.75, 3.05) is 6.54 Å². The fourth-order valence-corrected chi connectivity index (χ4v) is 3.62. The van der Waals surface area contributed by atoms with Gasteiger partial charge in [-0.2, -0.15) is 0 Å². The monoisotopic (exact) mass is 181 g/mol. The van der Waals surface area contributed by atoms with Crippen LogP contribution in [0.1, 0.15) is 40.5 Å². The topological polar surface area (TPSA) is 12.0 Å². The van der Waals surface area contributed by atoms with Crippen LogP contribution >= 0.6 is 0 Å². The second kappa shape index (κ2) is 2.98. The van der Waals surface area contributed by atoms with Crippen LogP contribution < -0.4 is 5.32 Å². The van der Waals surface area contributed by atoms with Gasteiger partial charge in [0.05, 0.1) is 0 Å². The molecular weight excluding hydrogens is 158 g/mol. The maximum atomic E-state index is 3.72. The molecule has 4 unspecified atom stereocenters. The number of nitrogens with one attached hydrogen (secondary N) is 1. The minimum absolute atomic E-state index is 0.613. The quantitative estimate of drug-likeness (QED) is 0.690. The minimum Gasteiger partial charge on any atom is -0.313 e. The standard InChI is InChI=1S/C12H23N/c1-5-8(2)11-10-9(7-13-11)6-12(10,3)4/h8-11,13H,5-7H2,1-4H3. The van der Waals surface area contributed by atoms with Gasteiger partial charge in [0.2, 0.25) is 0 Å². The van der Waals surface area contributed by atoms with Crippen molar-refractivity contribution in [3.05, 3.63) is 0 Å². The third-order valence-corrected chi connectivity index (χ3v) is 4.46. The van der Waals surface area contributed by atoms with Crippen LogP contribution in [0.25, 0.3) is 0 Å². The van der Waals surface area contributed by atoms with Crippen LogP contribution in [0.4, 0.5) is 0 Å². The molecule has 76 valence electrons. The fourth-order valence-electron chi connectivity index (χ4n) is 3.62. The molecule has 13 heavy (non-hydrogen) atoms. The first-order chi connectivity index (χ1) is 6.06. The molecule has 0 bridgehead atoms. The molecular formula is C12H23N. The predicted octanol–water partition coefficient (Wildman–Crippen LogP) is 2.67. The first-order valence-corrected chi connectivity index (χ1v) is 5.79. The average molecular weight is 181 g/mol. The van der Waals surface area contributed by atoms with Gasteiger partial charge in [0, 0.05) is 6.04 Å². The Kier molecular flexibility index (Phi) is 2.18. The summed E-state index contributed by atoms with van der Waals surface area (Å²) in [6, 6.07) is 0.804. The van der Waals surface area contributed by atoms with Crippen LogP contribution in [0.5, 0.6) is 0 Å². The second-order valence-electron chi connectivity index (χ2n) is 5.80. The Morgan fingerprint density at radius 1 is 1.46 bits per heavy atom. The summed E-state index contributed by atoms with van der Waals surface area (Å²) >= 11 is 0. The minimum atomic E-state index is 0.613. The lowest BCUT2D eigenvalue weighted by Gasteiger charge is -2.51. The fraction of sp³-hybridized carbons (Fsp3) is 1.00. The van der Waals surface area contributed by atoms with Gasteiger partial charge in [0.25, 0.3) is 0 Å². The molecule has 4 atom stereocenters. The van der Waals surface area contributed by atoms with E-state index in [-0.39, 0.29) is 0 Å². The van der Waals surface area contributed by atoms with Crippen molar-refractivity contribution in [1.29, 1.82) is 0 Å². The third-order valence-electron chi connectivity index (χ3n) is 4.46. The SMILES string of the molecule is CCC(C)C1NCC2CC(C)(C)C21. The molecule has 0 radical (unpaired) electrons. The van der Waals surface area contributed by atoms with Gasteiger partial charge < -0.3 is 5.32 Å². The molecule has 0 aromatic carbocycles. The molecule has 1 N–H and O–H groups in total. The summed E-state index contributed by atoms with van der Waals surface area (Å²) in [6.45, 7) is 10.9. The molecule has 1 heterocycles. The van der Waals surface area contributed by atoms with E-state index in [1.165, 1.54) is 19.4 Å². The van der Waals surface area contributed by atoms with E-state index in [0.29, 0.717) is 5.41 Å². The lowest BCUT2D eigenvalue weighted by Crippen LogP contribution is -2.48. The lowest BCUT2D eigenvalue weighted by molar-refractivity contribution is -0.00189. The molecule has 0 amide bonds. The molecule has 1 nitrogen and oxygen atoms in total. The molecule has 0 spiro atoms. The highest BCUT2D eigenvalue weighted by molar-refractivity contribution is 5.07. The van der Waals surface area contributed by atoms with Gasteiger partial charge in [-0.3, -0.25) is 0 Å². The van der Waals surface area contributed by atoms with Crippen LogP contribution in [-0.2, 0) is 0 Å². The van der Waals surface area contributed by atoms with Crippen molar-refractivity contribution in [3.63, 3.8) is 0 Å². The van der Waals surface area contributed by atoms with E-state index >= 15 is 0 Å². The Morgan fingerprint density at radius 2 is 2.15 bits per heavy atom. The van der Waals surface area contributed by atoms with Crippen LogP contribution in [0.3, 0.4) is 0 Å². The van der Waals surface area contributed by atoms with E-state index < -0.39 is 0 Å². The maximum Gasteiger partial charge on any atom is 0.0129 e. The Labute approximate surface area is 82.3 Å². The summed E-state index contributed by atoms with van der Waals surface area (Å²) in [5, 5.41) is 3.72. The number of hydrogen-bond acceptors (Lipinski definition) is 1. The number of rotatable bonds is 2. The predicted molar refractivity (Wildman–Crippen MR) is 56.6 cm³/mol. The summed E-state index contributed by atoms with van der Waals surface area (Å²) in [4.78, 5) is 0. The zero-order valence-corrected chi connectivity index (χ0v) is 9.43. The van der Waals surface area contributed by atoms with E-state index in [1.54, 1.807) is 0 Å². The van der Waals surface area contributed by atoms with E-state index in [0.717, 1.165) is 23.8 Å². The van der Waals surface area contributed by atoms with E-state index in [9.17, 15) is 0 Å². The van der Waals surface area contributed by atoms with Crippen molar-refractivity contribution in [1.82, 2.24) is 5.32 Å². The highest BCUT2D eigenvalue weighted by Gasteiger charge is 2.54. The normalized spacial score (nSPS) is 43.8. The van der Waals surface area contributed by atoms with Gasteiger partial charge >= 0.3 is 0 Å². The van der Waals surface area contributed by atoms with Crippen LogP contribution in [0.2, 0.25) is 0 Å². The first kappa shape index (κ1) is 9.51. The summed E-state index contributed by atoms with van der Waals surface area (Å²) < 4.78 is 0. The summed E-state index contributed by atoms with van der Waals surface area (Å²) in [6.07, 6.45) is 2.76. The van der Waals surface area contributed by atoms with Gasteiger partial charge in [-0.25, -0.2) is 0 Å². The van der Waals surface area contributed by atoms with Crippen LogP contribution in [0.15, 0.2) is 0 Å². The van der Waals surface area contributed by atoms with Crippen molar-refractivity contribution < 1.29 is 0 Å². The first-order valence-electron chi connectivity index (χ1n) is 5.79. The molecule has 2 fully saturated rings. The van der Waals surface area contributed by atoms with Crippen molar-refractivity contribution in [3.8, 4) is 0 Å². The molecule has 1 saturated carbocycles. The number of fused-ring (bicyclic) bond motifs is 1. The molecule has 0 aromatic rings. The van der Waals surface area contributed by atoms with E-state index in [4.69, 9.17) is 0 Å². The van der Waals surface area contributed by atoms with Crippen molar-refractivity contribution >= 4 is 0 Å². The Hall–Kier alpha value is -0.0400. The van der Waals surface area contributed by atoms with E-state index in [2.05, 4.69) is 33.0 Å². The Balaban J connectivity index is 2.06. The number of hydrogen-bond donors (Lipinski definition) is 1. The van der Waals surface area contributed by atoms with Gasteiger partial charge in [-0.15, -0.1) is 0 Å². The molecule has 1 saturated heterocycles. The van der Waals surface area contributed by atoms with Crippen molar-refractivity contribution in [2.24, 2.45) is 23.2 Å². The average Bonchev–Trinajstić information content (AvgIpc) is 2.42. The zero-order valence-electron chi connectivity index (χ0n) is 9.43. The lowest BCUT2D eigenvalue weighted by atomic mass is 9.54. The molecule has 1 aliphatic heterocycles. The van der Waals surface area contributed by atoms with Gasteiger partial charge in [-0.05, 0) is 36.1 Å². The molecule has 2 aliphatic rings. The maximum absolute atomic E-state index is 3.72. The highest BCUT2D eigenvalue weighted by atomic mass is 15.0. The third kappa shape index (κ3) is 1.32. The Morgan fingerprint density at radius 3 is 2.69 bits per heavy atom. The summed E-state index contributed by atoms with van der Waals surface area (Å²) in [7, 11) is 0. The van der Waals surface area contributed by atoms with Crippen LogP contribution in [-0.4, -0.2) is 12.6 Å². The molecule has 0 aromatic heterocycles. The summed E-state index contributed by atoms with van der Waals surface area (Å²) in [5.74, 6) is 2.81. The summed E-state index contributed by atoms with van der Waals surface area (Å²) in [5.41, 5.74) is 0.613. The molecule has 1 heteroatoms. The van der Waals surface area contributed by atoms with Gasteiger partial charge in [0.15, 0.2) is 0 Å². The van der Waals surface area contributed by atoms with E-state index in [1.807, 2.05) is 0 Å².